The Labute approximate surface area is 173 Å². The quantitative estimate of drug-likeness (QED) is 0.497. The molecule has 0 saturated heterocycles. The number of aromatic nitrogens is 3. The molecule has 0 radical (unpaired) electrons. The Bertz CT molecular complexity index is 1230. The number of ether oxygens (including phenoxy) is 1. The summed E-state index contributed by atoms with van der Waals surface area (Å²) in [5.74, 6) is 0.703. The molecule has 4 aromatic rings. The van der Waals surface area contributed by atoms with Gasteiger partial charge in [-0.1, -0.05) is 0 Å². The summed E-state index contributed by atoms with van der Waals surface area (Å²) in [5.41, 5.74) is 4.19. The van der Waals surface area contributed by atoms with E-state index in [1.165, 1.54) is 0 Å². The van der Waals surface area contributed by atoms with E-state index >= 15 is 0 Å². The molecular formula is C23H24N4O3. The van der Waals surface area contributed by atoms with Crippen LogP contribution in [-0.2, 0) is 19.4 Å². The third-order valence-corrected chi connectivity index (χ3v) is 5.64. The van der Waals surface area contributed by atoms with Crippen LogP contribution in [0.4, 0.5) is 0 Å². The second-order valence-electron chi connectivity index (χ2n) is 7.88. The Morgan fingerprint density at radius 3 is 3.00 bits per heavy atom. The molecule has 3 heterocycles. The molecule has 0 bridgehead atoms. The van der Waals surface area contributed by atoms with Gasteiger partial charge in [-0.3, -0.25) is 4.98 Å². The first-order valence-electron chi connectivity index (χ1n) is 10.4. The van der Waals surface area contributed by atoms with Gasteiger partial charge in [-0.15, -0.1) is 0 Å². The summed E-state index contributed by atoms with van der Waals surface area (Å²) in [6.45, 7) is 3.20. The average Bonchev–Trinajstić information content (AvgIpc) is 3.19. The van der Waals surface area contributed by atoms with Crippen LogP contribution in [0.2, 0.25) is 0 Å². The van der Waals surface area contributed by atoms with Crippen LogP contribution >= 0.6 is 0 Å². The van der Waals surface area contributed by atoms with E-state index < -0.39 is 0 Å². The van der Waals surface area contributed by atoms with Crippen LogP contribution in [0.3, 0.4) is 0 Å². The first kappa shape index (κ1) is 18.8. The van der Waals surface area contributed by atoms with Crippen molar-refractivity contribution in [3.63, 3.8) is 0 Å². The monoisotopic (exact) mass is 404 g/mol. The molecule has 7 nitrogen and oxygen atoms in total. The minimum absolute atomic E-state index is 0.124. The van der Waals surface area contributed by atoms with Crippen LogP contribution in [0, 0.1) is 0 Å². The second-order valence-corrected chi connectivity index (χ2v) is 7.88. The molecule has 1 N–H and O–H groups in total. The number of nitrogens with zero attached hydrogens (tertiary/aromatic N) is 3. The number of nitrogens with one attached hydrogen (secondary N) is 1. The molecule has 1 aliphatic rings. The maximum absolute atomic E-state index is 12.3. The lowest BCUT2D eigenvalue weighted by Crippen LogP contribution is -2.31. The normalized spacial score (nSPS) is 14.7. The van der Waals surface area contributed by atoms with Crippen molar-refractivity contribution in [1.82, 2.24) is 19.7 Å². The molecule has 5 rings (SSSR count). The van der Waals surface area contributed by atoms with Gasteiger partial charge >= 0.3 is 5.63 Å². The molecule has 1 atom stereocenters. The predicted octanol–water partition coefficient (Wildman–Crippen LogP) is 3.27. The Morgan fingerprint density at radius 2 is 2.13 bits per heavy atom. The first-order valence-corrected chi connectivity index (χ1v) is 10.4. The lowest BCUT2D eigenvalue weighted by Gasteiger charge is -2.17. The Hall–Kier alpha value is -3.19. The molecule has 1 unspecified atom stereocenters. The van der Waals surface area contributed by atoms with Crippen molar-refractivity contribution in [1.29, 1.82) is 0 Å². The van der Waals surface area contributed by atoms with Gasteiger partial charge in [0.2, 0.25) is 0 Å². The van der Waals surface area contributed by atoms with Crippen LogP contribution in [-0.4, -0.2) is 27.0 Å². The topological polar surface area (TPSA) is 81.7 Å². The fraction of sp³-hybridized carbons (Fsp3) is 0.348. The van der Waals surface area contributed by atoms with Crippen molar-refractivity contribution in [3.05, 3.63) is 70.2 Å². The summed E-state index contributed by atoms with van der Waals surface area (Å²) < 4.78 is 13.5. The molecule has 3 aromatic heterocycles. The lowest BCUT2D eigenvalue weighted by atomic mass is 9.91. The highest BCUT2D eigenvalue weighted by Gasteiger charge is 2.18. The molecule has 0 amide bonds. The summed E-state index contributed by atoms with van der Waals surface area (Å²) in [6.07, 6.45) is 11.3. The SMILES string of the molecule is CC(COc1ccc2c3c(c(=O)oc2c1)CCCC3)NCc1cn2ccncc2n1. The van der Waals surface area contributed by atoms with Gasteiger partial charge in [0.1, 0.15) is 17.9 Å². The van der Waals surface area contributed by atoms with Crippen molar-refractivity contribution >= 4 is 16.6 Å². The van der Waals surface area contributed by atoms with Crippen LogP contribution in [0.5, 0.6) is 5.75 Å². The molecule has 0 saturated carbocycles. The van der Waals surface area contributed by atoms with Gasteiger partial charge < -0.3 is 18.9 Å². The number of imidazole rings is 1. The van der Waals surface area contributed by atoms with Crippen molar-refractivity contribution in [2.24, 2.45) is 0 Å². The fourth-order valence-corrected chi connectivity index (χ4v) is 4.05. The number of fused-ring (bicyclic) bond motifs is 4. The Morgan fingerprint density at radius 1 is 1.27 bits per heavy atom. The minimum Gasteiger partial charge on any atom is -0.492 e. The minimum atomic E-state index is -0.202. The van der Waals surface area contributed by atoms with Crippen molar-refractivity contribution in [3.8, 4) is 5.75 Å². The van der Waals surface area contributed by atoms with E-state index in [0.717, 1.165) is 53.5 Å². The van der Waals surface area contributed by atoms with E-state index in [1.54, 1.807) is 12.4 Å². The highest BCUT2D eigenvalue weighted by Crippen LogP contribution is 2.29. The van der Waals surface area contributed by atoms with Gasteiger partial charge in [0.05, 0.1) is 11.9 Å². The van der Waals surface area contributed by atoms with Crippen LogP contribution in [0.25, 0.3) is 16.6 Å². The maximum atomic E-state index is 12.3. The highest BCUT2D eigenvalue weighted by atomic mass is 16.5. The zero-order valence-electron chi connectivity index (χ0n) is 16.9. The molecule has 7 heteroatoms. The average molecular weight is 404 g/mol. The van der Waals surface area contributed by atoms with Crippen LogP contribution in [0.1, 0.15) is 36.6 Å². The van der Waals surface area contributed by atoms with E-state index in [1.807, 2.05) is 35.0 Å². The van der Waals surface area contributed by atoms with Crippen LogP contribution < -0.4 is 15.7 Å². The molecule has 0 spiro atoms. The Balaban J connectivity index is 1.23. The predicted molar refractivity (Wildman–Crippen MR) is 114 cm³/mol. The largest absolute Gasteiger partial charge is 0.492 e. The third-order valence-electron chi connectivity index (χ3n) is 5.64. The lowest BCUT2D eigenvalue weighted by molar-refractivity contribution is 0.272. The molecule has 0 fully saturated rings. The van der Waals surface area contributed by atoms with Crippen molar-refractivity contribution in [2.75, 3.05) is 6.61 Å². The summed E-state index contributed by atoms with van der Waals surface area (Å²) in [5, 5.41) is 4.45. The first-order chi connectivity index (χ1) is 14.7. The smallest absolute Gasteiger partial charge is 0.339 e. The van der Waals surface area contributed by atoms with Gasteiger partial charge in [-0.25, -0.2) is 9.78 Å². The molecule has 30 heavy (non-hydrogen) atoms. The number of benzene rings is 1. The standard InChI is InChI=1S/C23H24N4O3/c1-15(25-11-16-13-27-9-8-24-12-22(27)26-16)14-29-17-6-7-19-18-4-2-3-5-20(18)23(28)30-21(19)10-17/h6-10,12-13,15,25H,2-5,11,14H2,1H3. The van der Waals surface area contributed by atoms with Gasteiger partial charge in [-0.05, 0) is 50.3 Å². The van der Waals surface area contributed by atoms with E-state index in [4.69, 9.17) is 9.15 Å². The molecule has 0 aliphatic heterocycles. The zero-order valence-corrected chi connectivity index (χ0v) is 16.9. The number of hydrogen-bond acceptors (Lipinski definition) is 6. The number of rotatable bonds is 6. The molecule has 1 aliphatic carbocycles. The van der Waals surface area contributed by atoms with Crippen LogP contribution in [0.15, 0.2) is 52.2 Å². The molecular weight excluding hydrogens is 380 g/mol. The molecule has 154 valence electrons. The zero-order chi connectivity index (χ0) is 20.5. The third kappa shape index (κ3) is 3.68. The number of hydrogen-bond donors (Lipinski definition) is 1. The summed E-state index contributed by atoms with van der Waals surface area (Å²) >= 11 is 0. The van der Waals surface area contributed by atoms with Gasteiger partial charge in [-0.2, -0.15) is 0 Å². The second kappa shape index (κ2) is 7.91. The van der Waals surface area contributed by atoms with Crippen molar-refractivity contribution in [2.45, 2.75) is 45.2 Å². The summed E-state index contributed by atoms with van der Waals surface area (Å²) in [6, 6.07) is 5.92. The highest BCUT2D eigenvalue weighted by molar-refractivity contribution is 5.82. The maximum Gasteiger partial charge on any atom is 0.339 e. The molecule has 1 aromatic carbocycles. The Kier molecular flexibility index (Phi) is 4.96. The number of aryl methyl sites for hydroxylation is 1. The van der Waals surface area contributed by atoms with Gasteiger partial charge in [0.25, 0.3) is 0 Å². The van der Waals surface area contributed by atoms with Gasteiger partial charge in [0, 0.05) is 48.2 Å². The van der Waals surface area contributed by atoms with E-state index in [-0.39, 0.29) is 11.7 Å². The van der Waals surface area contributed by atoms with E-state index in [9.17, 15) is 4.79 Å². The van der Waals surface area contributed by atoms with Gasteiger partial charge in [0.15, 0.2) is 5.65 Å². The van der Waals surface area contributed by atoms with Crippen molar-refractivity contribution < 1.29 is 9.15 Å². The fourth-order valence-electron chi connectivity index (χ4n) is 4.05. The van der Waals surface area contributed by atoms with E-state index in [0.29, 0.717) is 24.5 Å². The summed E-state index contributed by atoms with van der Waals surface area (Å²) in [7, 11) is 0. The van der Waals surface area contributed by atoms with E-state index in [2.05, 4.69) is 22.2 Å². The summed E-state index contributed by atoms with van der Waals surface area (Å²) in [4.78, 5) is 20.9.